The molecule has 0 aliphatic carbocycles. The lowest BCUT2D eigenvalue weighted by Gasteiger charge is -2.10. The normalized spacial score (nSPS) is 9.85. The molecule has 0 fully saturated rings. The van der Waals surface area contributed by atoms with Crippen molar-refractivity contribution in [1.82, 2.24) is 0 Å². The van der Waals surface area contributed by atoms with Gasteiger partial charge in [-0.15, -0.1) is 0 Å². The minimum absolute atomic E-state index is 0.0240. The van der Waals surface area contributed by atoms with E-state index < -0.39 is 10.7 Å². The van der Waals surface area contributed by atoms with Gasteiger partial charge in [0.05, 0.1) is 16.1 Å². The maximum Gasteiger partial charge on any atom is 0.276 e. The Hall–Kier alpha value is -2.94. The first-order chi connectivity index (χ1) is 9.52. The van der Waals surface area contributed by atoms with Crippen molar-refractivity contribution in [2.24, 2.45) is 0 Å². The maximum absolute atomic E-state index is 13.0. The van der Waals surface area contributed by atoms with Crippen LogP contribution >= 0.6 is 0 Å². The Morgan fingerprint density at radius 3 is 2.70 bits per heavy atom. The molecule has 0 N–H and O–H groups in total. The molecule has 2 rings (SSSR count). The van der Waals surface area contributed by atoms with E-state index in [9.17, 15) is 14.5 Å². The molecule has 2 aromatic rings. The molecule has 0 bridgehead atoms. The molecule has 0 radical (unpaired) electrons. The van der Waals surface area contributed by atoms with Gasteiger partial charge >= 0.3 is 0 Å². The summed E-state index contributed by atoms with van der Waals surface area (Å²) in [5, 5.41) is 19.8. The summed E-state index contributed by atoms with van der Waals surface area (Å²) in [6, 6.07) is 9.72. The first-order valence-corrected chi connectivity index (χ1v) is 5.64. The van der Waals surface area contributed by atoms with Crippen LogP contribution in [0.5, 0.6) is 11.5 Å². The third-order valence-corrected chi connectivity index (χ3v) is 2.73. The zero-order chi connectivity index (χ0) is 14.7. The summed E-state index contributed by atoms with van der Waals surface area (Å²) in [5.41, 5.74) is 0.282. The molecular weight excluding hydrogens is 263 g/mol. The second kappa shape index (κ2) is 5.36. The van der Waals surface area contributed by atoms with Gasteiger partial charge in [0.2, 0.25) is 0 Å². The molecule has 0 amide bonds. The highest BCUT2D eigenvalue weighted by molar-refractivity contribution is 5.52. The van der Waals surface area contributed by atoms with E-state index in [0.717, 1.165) is 12.1 Å². The molecular formula is C14H9FN2O3. The van der Waals surface area contributed by atoms with Gasteiger partial charge < -0.3 is 4.74 Å². The number of nitro benzene ring substituents is 1. The molecule has 20 heavy (non-hydrogen) atoms. The Morgan fingerprint density at radius 1 is 1.30 bits per heavy atom. The van der Waals surface area contributed by atoms with Crippen LogP contribution in [0.2, 0.25) is 0 Å². The van der Waals surface area contributed by atoms with E-state index in [4.69, 9.17) is 10.00 Å². The van der Waals surface area contributed by atoms with Crippen LogP contribution in [0.4, 0.5) is 10.1 Å². The van der Waals surface area contributed by atoms with Gasteiger partial charge in [-0.05, 0) is 31.2 Å². The second-order valence-corrected chi connectivity index (χ2v) is 4.01. The summed E-state index contributed by atoms with van der Waals surface area (Å²) in [6.45, 7) is 1.54. The Kier molecular flexibility index (Phi) is 3.62. The molecule has 0 aliphatic heterocycles. The summed E-state index contributed by atoms with van der Waals surface area (Å²) in [5.74, 6) is -0.149. The van der Waals surface area contributed by atoms with E-state index in [1.165, 1.54) is 18.2 Å². The maximum atomic E-state index is 13.0. The van der Waals surface area contributed by atoms with Crippen molar-refractivity contribution >= 4 is 5.69 Å². The fourth-order valence-electron chi connectivity index (χ4n) is 1.71. The van der Waals surface area contributed by atoms with Crippen LogP contribution in [-0.2, 0) is 0 Å². The fraction of sp³-hybridized carbons (Fsp3) is 0.0714. The lowest BCUT2D eigenvalue weighted by atomic mass is 10.1. The lowest BCUT2D eigenvalue weighted by Crippen LogP contribution is -1.96. The quantitative estimate of drug-likeness (QED) is 0.630. The Bertz CT molecular complexity index is 723. The van der Waals surface area contributed by atoms with E-state index >= 15 is 0 Å². The van der Waals surface area contributed by atoms with E-state index in [2.05, 4.69) is 0 Å². The summed E-state index contributed by atoms with van der Waals surface area (Å²) in [6.07, 6.45) is 0. The highest BCUT2D eigenvalue weighted by Crippen LogP contribution is 2.32. The fourth-order valence-corrected chi connectivity index (χ4v) is 1.71. The number of hydrogen-bond acceptors (Lipinski definition) is 4. The third-order valence-electron chi connectivity index (χ3n) is 2.73. The third kappa shape index (κ3) is 2.57. The number of hydrogen-bond donors (Lipinski definition) is 0. The molecule has 100 valence electrons. The van der Waals surface area contributed by atoms with Crippen LogP contribution in [0.3, 0.4) is 0 Å². The minimum Gasteiger partial charge on any atom is -0.455 e. The van der Waals surface area contributed by atoms with Crippen LogP contribution in [-0.4, -0.2) is 4.92 Å². The van der Waals surface area contributed by atoms with E-state index in [1.54, 1.807) is 13.0 Å². The van der Waals surface area contributed by atoms with Gasteiger partial charge in [0.1, 0.15) is 23.4 Å². The van der Waals surface area contributed by atoms with Crippen molar-refractivity contribution in [2.45, 2.75) is 6.92 Å². The van der Waals surface area contributed by atoms with Crippen molar-refractivity contribution in [3.63, 3.8) is 0 Å². The number of rotatable bonds is 3. The monoisotopic (exact) mass is 272 g/mol. The summed E-state index contributed by atoms with van der Waals surface area (Å²) in [7, 11) is 0. The summed E-state index contributed by atoms with van der Waals surface area (Å²) < 4.78 is 18.5. The van der Waals surface area contributed by atoms with Crippen molar-refractivity contribution < 1.29 is 14.1 Å². The first-order valence-electron chi connectivity index (χ1n) is 5.64. The van der Waals surface area contributed by atoms with E-state index in [1.807, 2.05) is 6.07 Å². The predicted molar refractivity (Wildman–Crippen MR) is 69.0 cm³/mol. The highest BCUT2D eigenvalue weighted by atomic mass is 19.1. The van der Waals surface area contributed by atoms with E-state index in [0.29, 0.717) is 5.56 Å². The smallest absolute Gasteiger partial charge is 0.276 e. The molecule has 0 saturated carbocycles. The molecule has 0 aliphatic rings. The Balaban J connectivity index is 2.44. The molecule has 0 heterocycles. The van der Waals surface area contributed by atoms with Crippen molar-refractivity contribution in [3.05, 3.63) is 63.5 Å². The molecule has 0 saturated heterocycles. The zero-order valence-corrected chi connectivity index (χ0v) is 10.5. The van der Waals surface area contributed by atoms with Crippen LogP contribution in [0.25, 0.3) is 0 Å². The van der Waals surface area contributed by atoms with Crippen LogP contribution in [0.1, 0.15) is 11.1 Å². The number of benzene rings is 2. The lowest BCUT2D eigenvalue weighted by molar-refractivity contribution is -0.385. The van der Waals surface area contributed by atoms with E-state index in [-0.39, 0.29) is 22.7 Å². The van der Waals surface area contributed by atoms with Gasteiger partial charge in [0, 0.05) is 6.07 Å². The number of halogens is 1. The van der Waals surface area contributed by atoms with Gasteiger partial charge in [0.25, 0.3) is 5.69 Å². The van der Waals surface area contributed by atoms with Crippen molar-refractivity contribution in [1.29, 1.82) is 5.26 Å². The highest BCUT2D eigenvalue weighted by Gasteiger charge is 2.15. The number of nitrogens with zero attached hydrogens (tertiary/aromatic N) is 2. The summed E-state index contributed by atoms with van der Waals surface area (Å²) >= 11 is 0. The predicted octanol–water partition coefficient (Wildman–Crippen LogP) is 3.71. The first kappa shape index (κ1) is 13.5. The summed E-state index contributed by atoms with van der Waals surface area (Å²) in [4.78, 5) is 10.3. The SMILES string of the molecule is Cc1c(Oc2ccc(F)cc2C#N)cccc1[N+](=O)[O-]. The Morgan fingerprint density at radius 2 is 2.05 bits per heavy atom. The average molecular weight is 272 g/mol. The Labute approximate surface area is 114 Å². The second-order valence-electron chi connectivity index (χ2n) is 4.01. The molecule has 5 nitrogen and oxygen atoms in total. The van der Waals surface area contributed by atoms with Crippen molar-refractivity contribution in [3.8, 4) is 17.6 Å². The van der Waals surface area contributed by atoms with Crippen LogP contribution < -0.4 is 4.74 Å². The number of nitro groups is 1. The molecule has 0 spiro atoms. The largest absolute Gasteiger partial charge is 0.455 e. The molecule has 0 atom stereocenters. The molecule has 0 unspecified atom stereocenters. The van der Waals surface area contributed by atoms with Gasteiger partial charge in [-0.1, -0.05) is 6.07 Å². The molecule has 2 aromatic carbocycles. The van der Waals surface area contributed by atoms with Crippen molar-refractivity contribution in [2.75, 3.05) is 0 Å². The zero-order valence-electron chi connectivity index (χ0n) is 10.5. The topological polar surface area (TPSA) is 76.2 Å². The molecule has 6 heteroatoms. The van der Waals surface area contributed by atoms with Gasteiger partial charge in [-0.25, -0.2) is 4.39 Å². The van der Waals surface area contributed by atoms with Gasteiger partial charge in [-0.3, -0.25) is 10.1 Å². The number of ether oxygens (including phenoxy) is 1. The van der Waals surface area contributed by atoms with Crippen LogP contribution in [0, 0.1) is 34.2 Å². The van der Waals surface area contributed by atoms with Gasteiger partial charge in [0.15, 0.2) is 0 Å². The number of nitriles is 1. The minimum atomic E-state index is -0.551. The average Bonchev–Trinajstić information content (AvgIpc) is 2.42. The van der Waals surface area contributed by atoms with Gasteiger partial charge in [-0.2, -0.15) is 5.26 Å². The van der Waals surface area contributed by atoms with Crippen LogP contribution in [0.15, 0.2) is 36.4 Å². The molecule has 0 aromatic heterocycles. The standard InChI is InChI=1S/C14H9FN2O3/c1-9-12(17(18)19)3-2-4-13(9)20-14-6-5-11(15)7-10(14)8-16/h2-7H,1H3.